The highest BCUT2D eigenvalue weighted by Crippen LogP contribution is 2.29. The van der Waals surface area contributed by atoms with E-state index in [1.165, 1.54) is 49.8 Å². The van der Waals surface area contributed by atoms with E-state index >= 15 is 0 Å². The van der Waals surface area contributed by atoms with Gasteiger partial charge in [-0.15, -0.1) is 0 Å². The Bertz CT molecular complexity index is 416. The van der Waals surface area contributed by atoms with Gasteiger partial charge in [-0.05, 0) is 38.0 Å². The molecule has 0 spiro atoms. The lowest BCUT2D eigenvalue weighted by atomic mass is 9.97. The van der Waals surface area contributed by atoms with Crippen molar-refractivity contribution in [3.05, 3.63) is 17.6 Å². The molecule has 1 fully saturated rings. The summed E-state index contributed by atoms with van der Waals surface area (Å²) >= 11 is 0. The molecule has 0 saturated heterocycles. The summed E-state index contributed by atoms with van der Waals surface area (Å²) in [7, 11) is 0. The molecule has 0 radical (unpaired) electrons. The van der Waals surface area contributed by atoms with Crippen molar-refractivity contribution in [3.8, 4) is 0 Å². The van der Waals surface area contributed by atoms with Crippen LogP contribution in [0.1, 0.15) is 56.7 Å². The molecule has 0 bridgehead atoms. The van der Waals surface area contributed by atoms with E-state index in [1.54, 1.807) is 6.33 Å². The van der Waals surface area contributed by atoms with Crippen molar-refractivity contribution in [2.45, 2.75) is 64.3 Å². The zero-order valence-corrected chi connectivity index (χ0v) is 11.3. The first-order valence-corrected chi connectivity index (χ1v) is 7.44. The molecule has 2 unspecified atom stereocenters. The topological polar surface area (TPSA) is 37.8 Å². The molecule has 0 aromatic carbocycles. The highest BCUT2D eigenvalue weighted by molar-refractivity contribution is 5.48. The number of fused-ring (bicyclic) bond motifs is 1. The van der Waals surface area contributed by atoms with Crippen LogP contribution in [0.5, 0.6) is 0 Å². The summed E-state index contributed by atoms with van der Waals surface area (Å²) in [6.45, 7) is 2.38. The molecule has 1 heterocycles. The number of aromatic nitrogens is 2. The Hall–Kier alpha value is -1.12. The number of anilines is 1. The van der Waals surface area contributed by atoms with Gasteiger partial charge in [0.05, 0.1) is 0 Å². The van der Waals surface area contributed by atoms with Crippen LogP contribution >= 0.6 is 0 Å². The predicted molar refractivity (Wildman–Crippen MR) is 73.7 cm³/mol. The Labute approximate surface area is 109 Å². The monoisotopic (exact) mass is 245 g/mol. The van der Waals surface area contributed by atoms with Gasteiger partial charge in [0.2, 0.25) is 0 Å². The van der Waals surface area contributed by atoms with E-state index in [1.807, 2.05) is 0 Å². The van der Waals surface area contributed by atoms with Gasteiger partial charge in [-0.2, -0.15) is 0 Å². The van der Waals surface area contributed by atoms with Gasteiger partial charge in [-0.3, -0.25) is 0 Å². The number of nitrogens with zero attached hydrogens (tertiary/aromatic N) is 2. The van der Waals surface area contributed by atoms with Crippen LogP contribution in [0.25, 0.3) is 0 Å². The lowest BCUT2D eigenvalue weighted by molar-refractivity contribution is 0.455. The lowest BCUT2D eigenvalue weighted by Crippen LogP contribution is -2.27. The van der Waals surface area contributed by atoms with Crippen molar-refractivity contribution in [2.75, 3.05) is 5.32 Å². The minimum atomic E-state index is 0.604. The smallest absolute Gasteiger partial charge is 0.133 e. The summed E-state index contributed by atoms with van der Waals surface area (Å²) in [6, 6.07) is 0.604. The van der Waals surface area contributed by atoms with Crippen LogP contribution in [-0.4, -0.2) is 16.0 Å². The largest absolute Gasteiger partial charge is 0.367 e. The van der Waals surface area contributed by atoms with Gasteiger partial charge in [-0.1, -0.05) is 26.2 Å². The normalized spacial score (nSPS) is 27.6. The molecule has 2 aliphatic rings. The van der Waals surface area contributed by atoms with E-state index in [0.29, 0.717) is 6.04 Å². The fourth-order valence-electron chi connectivity index (χ4n) is 3.37. The van der Waals surface area contributed by atoms with E-state index in [0.717, 1.165) is 24.6 Å². The van der Waals surface area contributed by atoms with Crippen molar-refractivity contribution in [1.82, 2.24) is 9.97 Å². The van der Waals surface area contributed by atoms with Gasteiger partial charge in [0.15, 0.2) is 0 Å². The average Bonchev–Trinajstić information content (AvgIpc) is 2.77. The second kappa shape index (κ2) is 5.25. The van der Waals surface area contributed by atoms with Gasteiger partial charge in [-0.25, -0.2) is 9.97 Å². The van der Waals surface area contributed by atoms with Crippen molar-refractivity contribution in [3.63, 3.8) is 0 Å². The molecule has 18 heavy (non-hydrogen) atoms. The van der Waals surface area contributed by atoms with Crippen LogP contribution in [0.15, 0.2) is 6.33 Å². The van der Waals surface area contributed by atoms with Gasteiger partial charge in [0, 0.05) is 17.3 Å². The van der Waals surface area contributed by atoms with E-state index < -0.39 is 0 Å². The van der Waals surface area contributed by atoms with Crippen LogP contribution in [0.2, 0.25) is 0 Å². The first kappa shape index (κ1) is 11.9. The second-order valence-corrected chi connectivity index (χ2v) is 5.87. The summed E-state index contributed by atoms with van der Waals surface area (Å²) < 4.78 is 0. The maximum atomic E-state index is 4.49. The fourth-order valence-corrected chi connectivity index (χ4v) is 3.37. The molecule has 98 valence electrons. The van der Waals surface area contributed by atoms with Crippen molar-refractivity contribution >= 4 is 5.82 Å². The zero-order chi connectivity index (χ0) is 12.4. The number of rotatable bonds is 2. The molecule has 2 aliphatic carbocycles. The third kappa shape index (κ3) is 2.36. The predicted octanol–water partition coefficient (Wildman–Crippen LogP) is 3.35. The van der Waals surface area contributed by atoms with E-state index in [4.69, 9.17) is 0 Å². The third-order valence-corrected chi connectivity index (χ3v) is 4.56. The first-order valence-electron chi connectivity index (χ1n) is 7.44. The molecular formula is C15H23N3. The number of aryl methyl sites for hydroxylation is 1. The SMILES string of the molecule is CC1CCCCCC1Nc1ncnc2c1CCC2. The Morgan fingerprint density at radius 3 is 2.89 bits per heavy atom. The number of nitrogens with one attached hydrogen (secondary N) is 1. The maximum absolute atomic E-state index is 4.49. The highest BCUT2D eigenvalue weighted by atomic mass is 15.0. The van der Waals surface area contributed by atoms with E-state index in [2.05, 4.69) is 22.2 Å². The summed E-state index contributed by atoms with van der Waals surface area (Å²) in [4.78, 5) is 8.89. The number of hydrogen-bond donors (Lipinski definition) is 1. The molecule has 0 aliphatic heterocycles. The Kier molecular flexibility index (Phi) is 3.48. The molecule has 3 nitrogen and oxygen atoms in total. The minimum Gasteiger partial charge on any atom is -0.367 e. The Morgan fingerprint density at radius 2 is 1.94 bits per heavy atom. The molecule has 3 rings (SSSR count). The first-order chi connectivity index (χ1) is 8.84. The quantitative estimate of drug-likeness (QED) is 0.812. The molecule has 1 aromatic heterocycles. The molecular weight excluding hydrogens is 222 g/mol. The van der Waals surface area contributed by atoms with E-state index in [9.17, 15) is 0 Å². The maximum Gasteiger partial charge on any atom is 0.133 e. The van der Waals surface area contributed by atoms with Crippen LogP contribution in [-0.2, 0) is 12.8 Å². The van der Waals surface area contributed by atoms with Gasteiger partial charge >= 0.3 is 0 Å². The van der Waals surface area contributed by atoms with Gasteiger partial charge in [0.25, 0.3) is 0 Å². The molecule has 3 heteroatoms. The summed E-state index contributed by atoms with van der Waals surface area (Å²) in [5.74, 6) is 1.88. The van der Waals surface area contributed by atoms with Crippen molar-refractivity contribution < 1.29 is 0 Å². The zero-order valence-electron chi connectivity index (χ0n) is 11.3. The Morgan fingerprint density at radius 1 is 1.06 bits per heavy atom. The molecule has 0 amide bonds. The van der Waals surface area contributed by atoms with Crippen molar-refractivity contribution in [2.24, 2.45) is 5.92 Å². The molecule has 1 saturated carbocycles. The minimum absolute atomic E-state index is 0.604. The second-order valence-electron chi connectivity index (χ2n) is 5.87. The molecule has 2 atom stereocenters. The third-order valence-electron chi connectivity index (χ3n) is 4.56. The molecule has 1 aromatic rings. The highest BCUT2D eigenvalue weighted by Gasteiger charge is 2.23. The van der Waals surface area contributed by atoms with Gasteiger partial charge in [0.1, 0.15) is 12.1 Å². The van der Waals surface area contributed by atoms with Gasteiger partial charge < -0.3 is 5.32 Å². The van der Waals surface area contributed by atoms with Crippen molar-refractivity contribution in [1.29, 1.82) is 0 Å². The van der Waals surface area contributed by atoms with Crippen LogP contribution in [0, 0.1) is 5.92 Å². The Balaban J connectivity index is 1.77. The average molecular weight is 245 g/mol. The number of hydrogen-bond acceptors (Lipinski definition) is 3. The van der Waals surface area contributed by atoms with Crippen LogP contribution in [0.4, 0.5) is 5.82 Å². The summed E-state index contributed by atoms with van der Waals surface area (Å²) in [6.07, 6.45) is 12.0. The molecule has 1 N–H and O–H groups in total. The summed E-state index contributed by atoms with van der Waals surface area (Å²) in [5.41, 5.74) is 2.66. The standard InChI is InChI=1S/C15H23N3/c1-11-6-3-2-4-8-13(11)18-15-12-7-5-9-14(12)16-10-17-15/h10-11,13H,2-9H2,1H3,(H,16,17,18). The summed E-state index contributed by atoms with van der Waals surface area (Å²) in [5, 5.41) is 3.72. The fraction of sp³-hybridized carbons (Fsp3) is 0.733. The van der Waals surface area contributed by atoms with Crippen LogP contribution in [0.3, 0.4) is 0 Å². The lowest BCUT2D eigenvalue weighted by Gasteiger charge is -2.24. The van der Waals surface area contributed by atoms with Crippen LogP contribution < -0.4 is 5.32 Å². The van der Waals surface area contributed by atoms with E-state index in [-0.39, 0.29) is 0 Å².